The van der Waals surface area contributed by atoms with E-state index in [1.54, 1.807) is 12.1 Å². The Balaban J connectivity index is 0.000000281. The largest absolute Gasteiger partial charge is 0.478 e. The molecule has 4 aliphatic rings. The molecule has 0 unspecified atom stereocenters. The van der Waals surface area contributed by atoms with Crippen molar-refractivity contribution in [1.82, 2.24) is 5.32 Å². The average Bonchev–Trinajstić information content (AvgIpc) is 3.61. The maximum absolute atomic E-state index is 12.3. The number of nitrogens with one attached hydrogen (secondary N) is 3. The van der Waals surface area contributed by atoms with Crippen molar-refractivity contribution in [3.05, 3.63) is 82.2 Å². The van der Waals surface area contributed by atoms with Gasteiger partial charge >= 0.3 is 5.97 Å². The first-order valence-electron chi connectivity index (χ1n) is 17.7. The zero-order chi connectivity index (χ0) is 36.5. The summed E-state index contributed by atoms with van der Waals surface area (Å²) < 4.78 is 0. The van der Waals surface area contributed by atoms with E-state index in [1.165, 1.54) is 63.5 Å². The van der Waals surface area contributed by atoms with Gasteiger partial charge < -0.3 is 26.8 Å². The van der Waals surface area contributed by atoms with Gasteiger partial charge in [-0.25, -0.2) is 4.79 Å². The molecule has 1 amide bonds. The van der Waals surface area contributed by atoms with Crippen molar-refractivity contribution in [3.63, 3.8) is 0 Å². The van der Waals surface area contributed by atoms with Crippen molar-refractivity contribution in [3.8, 4) is 0 Å². The minimum absolute atomic E-state index is 0. The third-order valence-electron chi connectivity index (χ3n) is 9.41. The van der Waals surface area contributed by atoms with Crippen molar-refractivity contribution >= 4 is 54.0 Å². The minimum atomic E-state index is -0.942. The van der Waals surface area contributed by atoms with E-state index in [4.69, 9.17) is 10.8 Å². The quantitative estimate of drug-likeness (QED) is 0.175. The van der Waals surface area contributed by atoms with Crippen LogP contribution in [0.4, 0.5) is 11.4 Å². The molecule has 9 nitrogen and oxygen atoms in total. The fourth-order valence-corrected chi connectivity index (χ4v) is 6.28. The molecule has 2 saturated carbocycles. The summed E-state index contributed by atoms with van der Waals surface area (Å²) in [5.41, 5.74) is 11.8. The van der Waals surface area contributed by atoms with Gasteiger partial charge in [0.2, 0.25) is 0 Å². The second-order valence-corrected chi connectivity index (χ2v) is 14.6. The topological polar surface area (TPSA) is 151 Å². The monoisotopic (exact) mass is 736 g/mol. The number of aromatic carboxylic acids is 1. The number of benzene rings is 2. The molecule has 278 valence electrons. The van der Waals surface area contributed by atoms with Crippen LogP contribution in [0.3, 0.4) is 0 Å². The van der Waals surface area contributed by atoms with Crippen LogP contribution in [0, 0.1) is 0 Å². The Labute approximate surface area is 311 Å². The predicted octanol–water partition coefficient (Wildman–Crippen LogP) is 9.17. The van der Waals surface area contributed by atoms with E-state index < -0.39 is 5.97 Å². The number of anilines is 2. The van der Waals surface area contributed by atoms with E-state index >= 15 is 0 Å². The summed E-state index contributed by atoms with van der Waals surface area (Å²) in [5.74, 6) is -0.538. The molecule has 0 atom stereocenters. The van der Waals surface area contributed by atoms with Crippen molar-refractivity contribution in [2.24, 2.45) is 5.73 Å². The maximum atomic E-state index is 12.3. The molecule has 0 aliphatic heterocycles. The summed E-state index contributed by atoms with van der Waals surface area (Å²) >= 11 is 4.37. The first kappa shape index (κ1) is 43.4. The summed E-state index contributed by atoms with van der Waals surface area (Å²) in [6.45, 7) is 5.59. The highest BCUT2D eigenvalue weighted by Crippen LogP contribution is 2.26. The number of carboxylic acids is 1. The summed E-state index contributed by atoms with van der Waals surface area (Å²) in [7, 11) is 1.00. The van der Waals surface area contributed by atoms with Gasteiger partial charge in [0.1, 0.15) is 0 Å². The van der Waals surface area contributed by atoms with E-state index in [0.717, 1.165) is 67.0 Å². The molecule has 0 bridgehead atoms. The molecule has 6 rings (SSSR count). The van der Waals surface area contributed by atoms with Gasteiger partial charge in [0.15, 0.2) is 11.6 Å². The Hall–Kier alpha value is -3.72. The SMILES string of the molecule is C.CC1=C(Nc2ccc(C(=O)NC3CCCCC3)cc2)CCC1=O.CC1=C(Nc2ccc(C(=O)O)cc2)CCC1=O.CP=S.NC1CCCCC1. The maximum Gasteiger partial charge on any atom is 0.335 e. The van der Waals surface area contributed by atoms with E-state index in [2.05, 4.69) is 27.8 Å². The minimum Gasteiger partial charge on any atom is -0.478 e. The van der Waals surface area contributed by atoms with Gasteiger partial charge in [-0.3, -0.25) is 14.4 Å². The van der Waals surface area contributed by atoms with Crippen molar-refractivity contribution < 1.29 is 24.3 Å². The molecule has 11 heteroatoms. The normalized spacial score (nSPS) is 17.6. The van der Waals surface area contributed by atoms with Crippen LogP contribution in [-0.4, -0.2) is 47.3 Å². The van der Waals surface area contributed by atoms with Crippen LogP contribution in [0.1, 0.15) is 132 Å². The molecule has 2 aromatic carbocycles. The summed E-state index contributed by atoms with van der Waals surface area (Å²) in [5, 5.41) is 18.3. The summed E-state index contributed by atoms with van der Waals surface area (Å²) in [6, 6.07) is 14.8. The number of carboxylic acid groups (broad SMARTS) is 1. The van der Waals surface area contributed by atoms with E-state index in [-0.39, 0.29) is 30.5 Å². The molecule has 51 heavy (non-hydrogen) atoms. The molecule has 2 aromatic rings. The van der Waals surface area contributed by atoms with Crippen LogP contribution in [0.15, 0.2) is 71.1 Å². The second kappa shape index (κ2) is 23.0. The van der Waals surface area contributed by atoms with Gasteiger partial charge in [-0.05, 0) is 115 Å². The van der Waals surface area contributed by atoms with Gasteiger partial charge in [0, 0.05) is 64.4 Å². The number of carbonyl (C=O) groups is 4. The van der Waals surface area contributed by atoms with Crippen LogP contribution in [0.2, 0.25) is 0 Å². The van der Waals surface area contributed by atoms with Gasteiger partial charge in [0.05, 0.1) is 5.56 Å². The first-order valence-corrected chi connectivity index (χ1v) is 20.1. The molecule has 0 heterocycles. The number of ketones is 2. The van der Waals surface area contributed by atoms with E-state index in [1.807, 2.05) is 44.8 Å². The Bertz CT molecular complexity index is 1530. The summed E-state index contributed by atoms with van der Waals surface area (Å²) in [4.78, 5) is 45.9. The Kier molecular flexibility index (Phi) is 19.6. The molecule has 2 fully saturated rings. The summed E-state index contributed by atoms with van der Waals surface area (Å²) in [6.07, 6.45) is 15.2. The lowest BCUT2D eigenvalue weighted by molar-refractivity contribution is -0.115. The van der Waals surface area contributed by atoms with Crippen LogP contribution >= 0.6 is 7.36 Å². The zero-order valence-electron chi connectivity index (χ0n) is 29.7. The number of rotatable bonds is 7. The number of nitrogens with two attached hydrogens (primary N) is 1. The lowest BCUT2D eigenvalue weighted by Gasteiger charge is -2.22. The lowest BCUT2D eigenvalue weighted by atomic mass is 9.95. The molecular weight excluding hydrogens is 680 g/mol. The Morgan fingerprint density at radius 2 is 1.10 bits per heavy atom. The predicted molar refractivity (Wildman–Crippen MR) is 213 cm³/mol. The van der Waals surface area contributed by atoms with Crippen molar-refractivity contribution in [1.29, 1.82) is 0 Å². The molecule has 0 radical (unpaired) electrons. The standard InChI is InChI=1S/C19H24N2O2.C13H13NO3.C6H13N.CH3PS.CH4/c1-13-17(11-12-18(13)22)20-16-9-7-14(8-10-16)19(23)21-15-5-3-2-4-6-15;1-8-11(6-7-12(8)15)14-10-4-2-9(3-5-10)13(16)17;7-6-4-2-1-3-5-6;1-2-3;/h7-10,15,20H,2-6,11-12H2,1H3,(H,21,23);2-5,14H,6-7H2,1H3,(H,16,17);6H,1-5,7H2;1H3;1H4. The zero-order valence-corrected chi connectivity index (χ0v) is 31.4. The van der Waals surface area contributed by atoms with E-state index in [9.17, 15) is 19.2 Å². The number of Topliss-reactive ketones (excluding diaryl/α,β-unsaturated/α-hetero) is 2. The third-order valence-corrected chi connectivity index (χ3v) is 9.41. The molecule has 0 saturated heterocycles. The first-order chi connectivity index (χ1) is 24.0. The lowest BCUT2D eigenvalue weighted by Crippen LogP contribution is -2.36. The van der Waals surface area contributed by atoms with Crippen LogP contribution in [0.5, 0.6) is 0 Å². The molecular formula is C40H57N4O5PS. The fourth-order valence-electron chi connectivity index (χ4n) is 6.28. The average molecular weight is 737 g/mol. The number of carbonyl (C=O) groups excluding carboxylic acids is 3. The fraction of sp³-hybridized carbons (Fsp3) is 0.500. The Morgan fingerprint density at radius 1 is 0.706 bits per heavy atom. The highest BCUT2D eigenvalue weighted by Gasteiger charge is 2.21. The highest BCUT2D eigenvalue weighted by atomic mass is 32.4. The van der Waals surface area contributed by atoms with Gasteiger partial charge in [-0.1, -0.05) is 57.8 Å². The van der Waals surface area contributed by atoms with Crippen LogP contribution < -0.4 is 21.7 Å². The van der Waals surface area contributed by atoms with Gasteiger partial charge in [0.25, 0.3) is 5.91 Å². The highest BCUT2D eigenvalue weighted by molar-refractivity contribution is 7.96. The third kappa shape index (κ3) is 14.8. The van der Waals surface area contributed by atoms with Crippen molar-refractivity contribution in [2.75, 3.05) is 17.3 Å². The molecule has 6 N–H and O–H groups in total. The number of hydrogen-bond acceptors (Lipinski definition) is 8. The number of allylic oxidation sites excluding steroid dienone is 4. The van der Waals surface area contributed by atoms with Gasteiger partial charge in [-0.2, -0.15) is 0 Å². The Morgan fingerprint density at radius 3 is 1.43 bits per heavy atom. The smallest absolute Gasteiger partial charge is 0.335 e. The number of amides is 1. The van der Waals surface area contributed by atoms with Crippen LogP contribution in [0.25, 0.3) is 0 Å². The van der Waals surface area contributed by atoms with Crippen LogP contribution in [-0.2, 0) is 21.4 Å². The van der Waals surface area contributed by atoms with Crippen molar-refractivity contribution in [2.45, 2.75) is 123 Å². The molecule has 0 spiro atoms. The van der Waals surface area contributed by atoms with Gasteiger partial charge in [-0.15, -0.1) is 0 Å². The van der Waals surface area contributed by atoms with E-state index in [0.29, 0.717) is 30.5 Å². The molecule has 0 aromatic heterocycles. The second-order valence-electron chi connectivity index (χ2n) is 13.2. The molecule has 4 aliphatic carbocycles. The number of hydrogen-bond donors (Lipinski definition) is 5.